The number of nitrogens with zero attached hydrogens (tertiary/aromatic N) is 1. The average Bonchev–Trinajstić information content (AvgIpc) is 2.85. The van der Waals surface area contributed by atoms with Crippen molar-refractivity contribution < 1.29 is 18.7 Å². The molecule has 0 aliphatic heterocycles. The standard InChI is InChI=1S/C16H18N2O5/c1-3-9-17-15(20)11(2)22-14(19)8-10-18-12-6-4-5-7-13(12)23-16(18)21/h3-7,11H,1,8-10H2,2H3,(H,17,20). The van der Waals surface area contributed by atoms with Gasteiger partial charge in [0, 0.05) is 13.1 Å². The zero-order valence-corrected chi connectivity index (χ0v) is 12.8. The first-order chi connectivity index (χ1) is 11.0. The Morgan fingerprint density at radius 1 is 1.43 bits per heavy atom. The van der Waals surface area contributed by atoms with Gasteiger partial charge in [0.2, 0.25) is 0 Å². The Bertz CT molecular complexity index is 774. The minimum absolute atomic E-state index is 0.0392. The van der Waals surface area contributed by atoms with Gasteiger partial charge in [-0.1, -0.05) is 18.2 Å². The summed E-state index contributed by atoms with van der Waals surface area (Å²) in [7, 11) is 0. The Morgan fingerprint density at radius 2 is 2.17 bits per heavy atom. The number of hydrogen-bond acceptors (Lipinski definition) is 5. The Morgan fingerprint density at radius 3 is 2.91 bits per heavy atom. The third-order valence-electron chi connectivity index (χ3n) is 3.21. The lowest BCUT2D eigenvalue weighted by molar-refractivity contribution is -0.154. The molecule has 7 heteroatoms. The van der Waals surface area contributed by atoms with Crippen molar-refractivity contribution in [3.63, 3.8) is 0 Å². The molecule has 1 atom stereocenters. The number of aryl methyl sites for hydroxylation is 1. The SMILES string of the molecule is C=CCNC(=O)C(C)OC(=O)CCn1c(=O)oc2ccccc21. The van der Waals surface area contributed by atoms with Crippen LogP contribution in [0, 0.1) is 0 Å². The number of carbonyl (C=O) groups excluding carboxylic acids is 2. The smallest absolute Gasteiger partial charge is 0.419 e. The number of benzene rings is 1. The summed E-state index contributed by atoms with van der Waals surface area (Å²) in [6.45, 7) is 5.39. The molecule has 0 aliphatic carbocycles. The largest absolute Gasteiger partial charge is 0.452 e. The zero-order chi connectivity index (χ0) is 16.8. The molecule has 0 spiro atoms. The van der Waals surface area contributed by atoms with E-state index in [1.165, 1.54) is 17.6 Å². The Hall–Kier alpha value is -2.83. The van der Waals surface area contributed by atoms with E-state index < -0.39 is 23.7 Å². The van der Waals surface area contributed by atoms with Crippen molar-refractivity contribution in [1.29, 1.82) is 0 Å². The van der Waals surface area contributed by atoms with Crippen molar-refractivity contribution in [1.82, 2.24) is 9.88 Å². The fourth-order valence-electron chi connectivity index (χ4n) is 2.05. The highest BCUT2D eigenvalue weighted by Crippen LogP contribution is 2.12. The lowest BCUT2D eigenvalue weighted by Crippen LogP contribution is -2.36. The summed E-state index contributed by atoms with van der Waals surface area (Å²) < 4.78 is 11.5. The average molecular weight is 318 g/mol. The molecule has 0 saturated heterocycles. The van der Waals surface area contributed by atoms with E-state index in [4.69, 9.17) is 9.15 Å². The van der Waals surface area contributed by atoms with E-state index >= 15 is 0 Å². The second-order valence-corrected chi connectivity index (χ2v) is 4.90. The zero-order valence-electron chi connectivity index (χ0n) is 12.8. The molecule has 2 aromatic rings. The predicted molar refractivity (Wildman–Crippen MR) is 83.9 cm³/mol. The third-order valence-corrected chi connectivity index (χ3v) is 3.21. The number of esters is 1. The minimum atomic E-state index is -0.903. The van der Waals surface area contributed by atoms with Crippen molar-refractivity contribution in [2.75, 3.05) is 6.54 Å². The summed E-state index contributed by atoms with van der Waals surface area (Å²) in [5, 5.41) is 2.54. The predicted octanol–water partition coefficient (Wildman–Crippen LogP) is 1.22. The second-order valence-electron chi connectivity index (χ2n) is 4.90. The molecule has 1 unspecified atom stereocenters. The van der Waals surface area contributed by atoms with Gasteiger partial charge in [0.1, 0.15) is 0 Å². The van der Waals surface area contributed by atoms with Crippen LogP contribution in [0.3, 0.4) is 0 Å². The number of carbonyl (C=O) groups is 2. The number of aromatic nitrogens is 1. The first-order valence-electron chi connectivity index (χ1n) is 7.19. The monoisotopic (exact) mass is 318 g/mol. The summed E-state index contributed by atoms with van der Waals surface area (Å²) in [4.78, 5) is 35.2. The number of ether oxygens (including phenoxy) is 1. The van der Waals surface area contributed by atoms with Gasteiger partial charge in [-0.25, -0.2) is 4.79 Å². The van der Waals surface area contributed by atoms with Gasteiger partial charge in [0.05, 0.1) is 11.9 Å². The molecule has 0 aliphatic rings. The van der Waals surface area contributed by atoms with Crippen LogP contribution in [0.2, 0.25) is 0 Å². The van der Waals surface area contributed by atoms with Gasteiger partial charge in [0.15, 0.2) is 11.7 Å². The molecule has 1 aromatic heterocycles. The third kappa shape index (κ3) is 4.09. The number of rotatable bonds is 7. The summed E-state index contributed by atoms with van der Waals surface area (Å²) in [5.41, 5.74) is 1.07. The maximum atomic E-state index is 11.8. The van der Waals surface area contributed by atoms with Crippen LogP contribution in [0.1, 0.15) is 13.3 Å². The van der Waals surface area contributed by atoms with Crippen molar-refractivity contribution in [3.05, 3.63) is 47.5 Å². The van der Waals surface area contributed by atoms with Crippen LogP contribution in [0.5, 0.6) is 0 Å². The van der Waals surface area contributed by atoms with Crippen LogP contribution in [0.25, 0.3) is 11.1 Å². The quantitative estimate of drug-likeness (QED) is 0.612. The van der Waals surface area contributed by atoms with Gasteiger partial charge >= 0.3 is 11.7 Å². The topological polar surface area (TPSA) is 90.5 Å². The van der Waals surface area contributed by atoms with Crippen molar-refractivity contribution >= 4 is 23.0 Å². The highest BCUT2D eigenvalue weighted by atomic mass is 16.5. The number of fused-ring (bicyclic) bond motifs is 1. The molecule has 0 bridgehead atoms. The maximum absolute atomic E-state index is 11.8. The fraction of sp³-hybridized carbons (Fsp3) is 0.312. The van der Waals surface area contributed by atoms with Gasteiger partial charge in [-0.3, -0.25) is 14.2 Å². The molecule has 122 valence electrons. The molecule has 23 heavy (non-hydrogen) atoms. The van der Waals surface area contributed by atoms with Gasteiger partial charge in [-0.2, -0.15) is 0 Å². The Kier molecular flexibility index (Phi) is 5.35. The van der Waals surface area contributed by atoms with Crippen molar-refractivity contribution in [2.45, 2.75) is 26.0 Å². The van der Waals surface area contributed by atoms with E-state index in [0.717, 1.165) is 0 Å². The molecule has 1 amide bonds. The van der Waals surface area contributed by atoms with Gasteiger partial charge < -0.3 is 14.5 Å². The van der Waals surface area contributed by atoms with Crippen LogP contribution in [0.4, 0.5) is 0 Å². The Balaban J connectivity index is 1.93. The highest BCUT2D eigenvalue weighted by Gasteiger charge is 2.17. The molecule has 1 heterocycles. The van der Waals surface area contributed by atoms with Crippen molar-refractivity contribution in [2.24, 2.45) is 0 Å². The lowest BCUT2D eigenvalue weighted by Gasteiger charge is -2.12. The fourth-order valence-corrected chi connectivity index (χ4v) is 2.05. The number of nitrogens with one attached hydrogen (secondary N) is 1. The van der Waals surface area contributed by atoms with E-state index in [1.54, 1.807) is 24.3 Å². The second kappa shape index (κ2) is 7.44. The van der Waals surface area contributed by atoms with Crippen LogP contribution in [-0.4, -0.2) is 29.1 Å². The molecule has 1 aromatic carbocycles. The minimum Gasteiger partial charge on any atom is -0.452 e. The maximum Gasteiger partial charge on any atom is 0.419 e. The van der Waals surface area contributed by atoms with Crippen molar-refractivity contribution in [3.8, 4) is 0 Å². The molecular weight excluding hydrogens is 300 g/mol. The first kappa shape index (κ1) is 16.5. The highest BCUT2D eigenvalue weighted by molar-refractivity contribution is 5.83. The number of hydrogen-bond donors (Lipinski definition) is 1. The normalized spacial score (nSPS) is 11.9. The summed E-state index contributed by atoms with van der Waals surface area (Å²) >= 11 is 0. The lowest BCUT2D eigenvalue weighted by atomic mass is 10.3. The van der Waals surface area contributed by atoms with E-state index in [9.17, 15) is 14.4 Å². The first-order valence-corrected chi connectivity index (χ1v) is 7.19. The van der Waals surface area contributed by atoms with E-state index in [2.05, 4.69) is 11.9 Å². The van der Waals surface area contributed by atoms with Gasteiger partial charge in [0.25, 0.3) is 5.91 Å². The number of oxazole rings is 1. The van der Waals surface area contributed by atoms with Crippen LogP contribution >= 0.6 is 0 Å². The van der Waals surface area contributed by atoms with Crippen LogP contribution in [0.15, 0.2) is 46.1 Å². The van der Waals surface area contributed by atoms with E-state index in [-0.39, 0.29) is 13.0 Å². The summed E-state index contributed by atoms with van der Waals surface area (Å²) in [6, 6.07) is 6.94. The van der Waals surface area contributed by atoms with Gasteiger partial charge in [-0.05, 0) is 19.1 Å². The van der Waals surface area contributed by atoms with Crippen LogP contribution in [-0.2, 0) is 20.9 Å². The molecule has 7 nitrogen and oxygen atoms in total. The molecule has 0 radical (unpaired) electrons. The molecular formula is C16H18N2O5. The summed E-state index contributed by atoms with van der Waals surface area (Å²) in [5.74, 6) is -1.50. The molecule has 0 fully saturated rings. The molecule has 1 N–H and O–H groups in total. The van der Waals surface area contributed by atoms with Gasteiger partial charge in [-0.15, -0.1) is 6.58 Å². The molecule has 0 saturated carbocycles. The number of para-hydroxylation sites is 2. The number of amides is 1. The Labute approximate surface area is 132 Å². The molecule has 2 rings (SSSR count). The van der Waals surface area contributed by atoms with E-state index in [0.29, 0.717) is 17.6 Å². The van der Waals surface area contributed by atoms with Crippen LogP contribution < -0.4 is 11.1 Å². The summed E-state index contributed by atoms with van der Waals surface area (Å²) in [6.07, 6.45) is 0.589. The van der Waals surface area contributed by atoms with E-state index in [1.807, 2.05) is 0 Å².